The number of nitrogens with one attached hydrogen (secondary N) is 1. The SMILES string of the molecule is CCOc1ccc(NC(=O)CCC2CCC[N]C2)cc1. The summed E-state index contributed by atoms with van der Waals surface area (Å²) < 4.78 is 5.37. The summed E-state index contributed by atoms with van der Waals surface area (Å²) in [4.78, 5) is 11.9. The number of carbonyl (C=O) groups is 1. The van der Waals surface area contributed by atoms with E-state index >= 15 is 0 Å². The molecule has 0 spiro atoms. The van der Waals surface area contributed by atoms with E-state index in [2.05, 4.69) is 10.6 Å². The summed E-state index contributed by atoms with van der Waals surface area (Å²) in [5.74, 6) is 1.50. The normalized spacial score (nSPS) is 18.6. The summed E-state index contributed by atoms with van der Waals surface area (Å²) in [6, 6.07) is 7.50. The van der Waals surface area contributed by atoms with Crippen LogP contribution in [0.4, 0.5) is 5.69 Å². The van der Waals surface area contributed by atoms with Crippen molar-refractivity contribution in [3.63, 3.8) is 0 Å². The lowest BCUT2D eigenvalue weighted by molar-refractivity contribution is -0.116. The molecule has 1 aliphatic rings. The van der Waals surface area contributed by atoms with Crippen molar-refractivity contribution >= 4 is 11.6 Å². The highest BCUT2D eigenvalue weighted by Gasteiger charge is 2.15. The van der Waals surface area contributed by atoms with E-state index in [4.69, 9.17) is 4.74 Å². The van der Waals surface area contributed by atoms with E-state index in [-0.39, 0.29) is 5.91 Å². The lowest BCUT2D eigenvalue weighted by atomic mass is 9.94. The monoisotopic (exact) mass is 275 g/mol. The van der Waals surface area contributed by atoms with Crippen molar-refractivity contribution in [1.82, 2.24) is 5.32 Å². The second-order valence-corrected chi connectivity index (χ2v) is 5.18. The maximum absolute atomic E-state index is 11.9. The third kappa shape index (κ3) is 4.85. The van der Waals surface area contributed by atoms with Crippen molar-refractivity contribution in [3.8, 4) is 5.75 Å². The van der Waals surface area contributed by atoms with Gasteiger partial charge in [0.1, 0.15) is 5.75 Å². The average molecular weight is 275 g/mol. The molecule has 1 fully saturated rings. The average Bonchev–Trinajstić information content (AvgIpc) is 2.49. The second-order valence-electron chi connectivity index (χ2n) is 5.18. The van der Waals surface area contributed by atoms with Crippen LogP contribution in [0.3, 0.4) is 0 Å². The lowest BCUT2D eigenvalue weighted by Gasteiger charge is -2.20. The molecule has 1 heterocycles. The van der Waals surface area contributed by atoms with Crippen LogP contribution in [0, 0.1) is 5.92 Å². The maximum atomic E-state index is 11.9. The highest BCUT2D eigenvalue weighted by molar-refractivity contribution is 5.90. The van der Waals surface area contributed by atoms with E-state index in [0.717, 1.165) is 30.9 Å². The van der Waals surface area contributed by atoms with Crippen molar-refractivity contribution in [2.45, 2.75) is 32.6 Å². The minimum atomic E-state index is 0.0831. The summed E-state index contributed by atoms with van der Waals surface area (Å²) in [7, 11) is 0. The van der Waals surface area contributed by atoms with Gasteiger partial charge in [0.2, 0.25) is 5.91 Å². The first kappa shape index (κ1) is 14.9. The van der Waals surface area contributed by atoms with Gasteiger partial charge < -0.3 is 10.1 Å². The van der Waals surface area contributed by atoms with Gasteiger partial charge in [0.25, 0.3) is 0 Å². The number of hydrogen-bond donors (Lipinski definition) is 1. The van der Waals surface area contributed by atoms with Crippen molar-refractivity contribution in [2.75, 3.05) is 25.0 Å². The number of anilines is 1. The number of nitrogens with zero attached hydrogens (tertiary/aromatic N) is 1. The zero-order valence-electron chi connectivity index (χ0n) is 12.1. The fourth-order valence-electron chi connectivity index (χ4n) is 2.45. The van der Waals surface area contributed by atoms with Crippen LogP contribution in [0.5, 0.6) is 5.75 Å². The quantitative estimate of drug-likeness (QED) is 0.868. The van der Waals surface area contributed by atoms with E-state index in [0.29, 0.717) is 18.9 Å². The largest absolute Gasteiger partial charge is 0.494 e. The summed E-state index contributed by atoms with van der Waals surface area (Å²) in [5, 5.41) is 7.33. The molecule has 1 unspecified atom stereocenters. The number of ether oxygens (including phenoxy) is 1. The van der Waals surface area contributed by atoms with Crippen molar-refractivity contribution in [1.29, 1.82) is 0 Å². The number of carbonyl (C=O) groups excluding carboxylic acids is 1. The van der Waals surface area contributed by atoms with Crippen LogP contribution < -0.4 is 15.4 Å². The molecule has 4 heteroatoms. The summed E-state index contributed by atoms with van der Waals surface area (Å²) in [6.07, 6.45) is 3.89. The summed E-state index contributed by atoms with van der Waals surface area (Å²) in [5.41, 5.74) is 0.826. The smallest absolute Gasteiger partial charge is 0.224 e. The van der Waals surface area contributed by atoms with Crippen molar-refractivity contribution in [2.24, 2.45) is 5.92 Å². The fourth-order valence-corrected chi connectivity index (χ4v) is 2.45. The van der Waals surface area contributed by atoms with Gasteiger partial charge in [0, 0.05) is 25.2 Å². The molecule has 2 rings (SSSR count). The predicted molar refractivity (Wildman–Crippen MR) is 80.1 cm³/mol. The van der Waals surface area contributed by atoms with Crippen LogP contribution in [0.15, 0.2) is 24.3 Å². The number of piperidine rings is 1. The van der Waals surface area contributed by atoms with E-state index < -0.39 is 0 Å². The Kier molecular flexibility index (Phi) is 5.87. The molecule has 0 bridgehead atoms. The Morgan fingerprint density at radius 2 is 2.20 bits per heavy atom. The van der Waals surface area contributed by atoms with Gasteiger partial charge in [-0.15, -0.1) is 0 Å². The minimum Gasteiger partial charge on any atom is -0.494 e. The molecule has 0 aliphatic carbocycles. The van der Waals surface area contributed by atoms with Gasteiger partial charge >= 0.3 is 0 Å². The zero-order valence-corrected chi connectivity index (χ0v) is 12.1. The molecule has 1 saturated heterocycles. The highest BCUT2D eigenvalue weighted by Crippen LogP contribution is 2.18. The Morgan fingerprint density at radius 1 is 1.40 bits per heavy atom. The highest BCUT2D eigenvalue weighted by atomic mass is 16.5. The molecule has 1 aromatic rings. The Balaban J connectivity index is 1.73. The molecular weight excluding hydrogens is 252 g/mol. The van der Waals surface area contributed by atoms with E-state index in [1.807, 2.05) is 31.2 Å². The van der Waals surface area contributed by atoms with Gasteiger partial charge in [-0.2, -0.15) is 0 Å². The predicted octanol–water partition coefficient (Wildman–Crippen LogP) is 2.82. The van der Waals surface area contributed by atoms with E-state index in [9.17, 15) is 4.79 Å². The van der Waals surface area contributed by atoms with Gasteiger partial charge in [0.15, 0.2) is 0 Å². The molecule has 1 radical (unpaired) electrons. The molecular formula is C16H23N2O2. The number of amides is 1. The van der Waals surface area contributed by atoms with Crippen LogP contribution in [-0.4, -0.2) is 25.6 Å². The molecule has 1 amide bonds. The van der Waals surface area contributed by atoms with Gasteiger partial charge in [-0.3, -0.25) is 4.79 Å². The second kappa shape index (κ2) is 7.90. The minimum absolute atomic E-state index is 0.0831. The standard InChI is InChI=1S/C16H23N2O2/c1-2-20-15-8-6-14(7-9-15)18-16(19)10-5-13-4-3-11-17-12-13/h6-9,13H,2-5,10-12H2,1H3,(H,18,19). The van der Waals surface area contributed by atoms with Crippen LogP contribution in [-0.2, 0) is 4.79 Å². The molecule has 1 atom stereocenters. The van der Waals surface area contributed by atoms with Gasteiger partial charge in [-0.05, 0) is 56.4 Å². The van der Waals surface area contributed by atoms with Crippen molar-refractivity contribution < 1.29 is 9.53 Å². The summed E-state index contributed by atoms with van der Waals surface area (Å²) >= 11 is 0. The topological polar surface area (TPSA) is 52.4 Å². The van der Waals surface area contributed by atoms with Gasteiger partial charge in [-0.1, -0.05) is 0 Å². The Bertz CT molecular complexity index is 411. The molecule has 0 aromatic heterocycles. The zero-order chi connectivity index (χ0) is 14.2. The molecule has 4 nitrogen and oxygen atoms in total. The molecule has 109 valence electrons. The van der Waals surface area contributed by atoms with Gasteiger partial charge in [0.05, 0.1) is 6.61 Å². The Morgan fingerprint density at radius 3 is 2.85 bits per heavy atom. The van der Waals surface area contributed by atoms with Crippen molar-refractivity contribution in [3.05, 3.63) is 24.3 Å². The van der Waals surface area contributed by atoms with Crippen LogP contribution in [0.25, 0.3) is 0 Å². The maximum Gasteiger partial charge on any atom is 0.224 e. The first-order chi connectivity index (χ1) is 9.78. The third-order valence-corrected chi connectivity index (χ3v) is 3.54. The van der Waals surface area contributed by atoms with E-state index in [1.165, 1.54) is 12.8 Å². The van der Waals surface area contributed by atoms with E-state index in [1.54, 1.807) is 0 Å². The number of rotatable bonds is 6. The number of hydrogen-bond acceptors (Lipinski definition) is 2. The fraction of sp³-hybridized carbons (Fsp3) is 0.562. The molecule has 0 saturated carbocycles. The Labute approximate surface area is 120 Å². The first-order valence-electron chi connectivity index (χ1n) is 7.44. The Hall–Kier alpha value is -1.55. The van der Waals surface area contributed by atoms with Crippen LogP contribution >= 0.6 is 0 Å². The molecule has 1 aliphatic heterocycles. The third-order valence-electron chi connectivity index (χ3n) is 3.54. The molecule has 1 aromatic carbocycles. The number of benzene rings is 1. The first-order valence-corrected chi connectivity index (χ1v) is 7.44. The molecule has 1 N–H and O–H groups in total. The van der Waals surface area contributed by atoms with Crippen LogP contribution in [0.1, 0.15) is 32.6 Å². The lowest BCUT2D eigenvalue weighted by Crippen LogP contribution is -2.25. The van der Waals surface area contributed by atoms with Crippen LogP contribution in [0.2, 0.25) is 0 Å². The molecule has 20 heavy (non-hydrogen) atoms. The summed E-state index contributed by atoms with van der Waals surface area (Å²) in [6.45, 7) is 4.52. The van der Waals surface area contributed by atoms with Gasteiger partial charge in [-0.25, -0.2) is 5.32 Å².